The predicted molar refractivity (Wildman–Crippen MR) is 70.3 cm³/mol. The molecule has 0 aliphatic carbocycles. The van der Waals surface area contributed by atoms with Crippen LogP contribution in [-0.2, 0) is 7.05 Å². The van der Waals surface area contributed by atoms with Crippen molar-refractivity contribution < 1.29 is 4.79 Å². The number of carbonyl (C=O) groups excluding carboxylic acids is 1. The van der Waals surface area contributed by atoms with Gasteiger partial charge in [-0.1, -0.05) is 0 Å². The lowest BCUT2D eigenvalue weighted by Crippen LogP contribution is -1.90. The molecular weight excluding hydrogens is 228 g/mol. The number of hydrogen-bond donors (Lipinski definition) is 2. The Balaban J connectivity index is 2.18. The Morgan fingerprint density at radius 1 is 1.39 bits per heavy atom. The third-order valence-electron chi connectivity index (χ3n) is 2.91. The summed E-state index contributed by atoms with van der Waals surface area (Å²) < 4.78 is 1.91. The van der Waals surface area contributed by atoms with Crippen molar-refractivity contribution in [2.75, 3.05) is 5.73 Å². The van der Waals surface area contributed by atoms with Gasteiger partial charge in [0.15, 0.2) is 5.82 Å². The highest BCUT2D eigenvalue weighted by atomic mass is 16.1. The van der Waals surface area contributed by atoms with Crippen molar-refractivity contribution in [3.63, 3.8) is 0 Å². The van der Waals surface area contributed by atoms with Crippen molar-refractivity contribution in [1.29, 1.82) is 0 Å². The van der Waals surface area contributed by atoms with Gasteiger partial charge in [0.2, 0.25) is 0 Å². The van der Waals surface area contributed by atoms with Crippen molar-refractivity contribution in [1.82, 2.24) is 14.5 Å². The molecule has 0 amide bonds. The van der Waals surface area contributed by atoms with E-state index in [2.05, 4.69) is 9.97 Å². The van der Waals surface area contributed by atoms with E-state index < -0.39 is 0 Å². The van der Waals surface area contributed by atoms with Gasteiger partial charge < -0.3 is 15.3 Å². The minimum absolute atomic E-state index is 0.618. The lowest BCUT2D eigenvalue weighted by atomic mass is 10.2. The first kappa shape index (κ1) is 10.6. The SMILES string of the molecule is Cn1cc(N)cc1-c1nc2cc(C=O)ccc2[nH]1. The van der Waals surface area contributed by atoms with Crippen LogP contribution < -0.4 is 5.73 Å². The average molecular weight is 240 g/mol. The second kappa shape index (κ2) is 3.73. The van der Waals surface area contributed by atoms with Crippen LogP contribution in [0, 0.1) is 0 Å². The Bertz CT molecular complexity index is 739. The van der Waals surface area contributed by atoms with Gasteiger partial charge in [-0.05, 0) is 24.3 Å². The zero-order valence-corrected chi connectivity index (χ0v) is 9.84. The highest BCUT2D eigenvalue weighted by Gasteiger charge is 2.09. The summed E-state index contributed by atoms with van der Waals surface area (Å²) in [7, 11) is 1.91. The Morgan fingerprint density at radius 3 is 2.89 bits per heavy atom. The van der Waals surface area contributed by atoms with Gasteiger partial charge >= 0.3 is 0 Å². The van der Waals surface area contributed by atoms with E-state index in [9.17, 15) is 4.79 Å². The van der Waals surface area contributed by atoms with Crippen LogP contribution in [0.2, 0.25) is 0 Å². The third kappa shape index (κ3) is 1.57. The second-order valence-electron chi connectivity index (χ2n) is 4.25. The summed E-state index contributed by atoms with van der Waals surface area (Å²) in [6.07, 6.45) is 2.65. The number of aldehydes is 1. The number of nitrogens with two attached hydrogens (primary N) is 1. The fraction of sp³-hybridized carbons (Fsp3) is 0.0769. The number of aromatic amines is 1. The van der Waals surface area contributed by atoms with Crippen molar-refractivity contribution in [3.8, 4) is 11.5 Å². The quantitative estimate of drug-likeness (QED) is 0.672. The molecule has 0 bridgehead atoms. The molecule has 0 atom stereocenters. The molecule has 3 N–H and O–H groups in total. The average Bonchev–Trinajstić information content (AvgIpc) is 2.90. The molecule has 0 aliphatic heterocycles. The number of rotatable bonds is 2. The molecule has 0 aliphatic rings. The first-order chi connectivity index (χ1) is 8.67. The fourth-order valence-corrected chi connectivity index (χ4v) is 2.04. The number of imidazole rings is 1. The van der Waals surface area contributed by atoms with Gasteiger partial charge in [0, 0.05) is 18.8 Å². The summed E-state index contributed by atoms with van der Waals surface area (Å²) in [5, 5.41) is 0. The Hall–Kier alpha value is -2.56. The van der Waals surface area contributed by atoms with Crippen LogP contribution in [0.5, 0.6) is 0 Å². The normalized spacial score (nSPS) is 10.9. The first-order valence-corrected chi connectivity index (χ1v) is 5.54. The van der Waals surface area contributed by atoms with Crippen molar-refractivity contribution in [2.24, 2.45) is 7.05 Å². The molecule has 2 heterocycles. The lowest BCUT2D eigenvalue weighted by molar-refractivity contribution is 0.112. The van der Waals surface area contributed by atoms with E-state index in [0.717, 1.165) is 28.8 Å². The van der Waals surface area contributed by atoms with Crippen molar-refractivity contribution >= 4 is 23.0 Å². The molecule has 0 spiro atoms. The number of carbonyl (C=O) groups is 1. The van der Waals surface area contributed by atoms with Gasteiger partial charge in [0.1, 0.15) is 6.29 Å². The second-order valence-corrected chi connectivity index (χ2v) is 4.25. The molecule has 18 heavy (non-hydrogen) atoms. The zero-order valence-electron chi connectivity index (χ0n) is 9.84. The third-order valence-corrected chi connectivity index (χ3v) is 2.91. The van der Waals surface area contributed by atoms with Crippen molar-refractivity contribution in [2.45, 2.75) is 0 Å². The molecule has 0 saturated heterocycles. The molecule has 3 aromatic rings. The summed E-state index contributed by atoms with van der Waals surface area (Å²) in [5.41, 5.74) is 9.65. The number of nitrogens with one attached hydrogen (secondary N) is 1. The monoisotopic (exact) mass is 240 g/mol. The molecule has 0 fully saturated rings. The van der Waals surface area contributed by atoms with E-state index >= 15 is 0 Å². The number of anilines is 1. The standard InChI is InChI=1S/C13H12N4O/c1-17-6-9(14)5-12(17)13-15-10-3-2-8(7-18)4-11(10)16-13/h2-7H,14H2,1H3,(H,15,16). The van der Waals surface area contributed by atoms with Gasteiger partial charge in [-0.3, -0.25) is 4.79 Å². The maximum atomic E-state index is 10.7. The summed E-state index contributed by atoms with van der Waals surface area (Å²) >= 11 is 0. The highest BCUT2D eigenvalue weighted by Crippen LogP contribution is 2.23. The van der Waals surface area contributed by atoms with Crippen LogP contribution in [0.25, 0.3) is 22.6 Å². The van der Waals surface area contributed by atoms with Crippen LogP contribution in [-0.4, -0.2) is 20.8 Å². The highest BCUT2D eigenvalue weighted by molar-refractivity contribution is 5.86. The first-order valence-electron chi connectivity index (χ1n) is 5.54. The fourth-order valence-electron chi connectivity index (χ4n) is 2.04. The molecular formula is C13H12N4O. The number of H-pyrrole nitrogens is 1. The van der Waals surface area contributed by atoms with Gasteiger partial charge in [0.25, 0.3) is 0 Å². The number of aromatic nitrogens is 3. The van der Waals surface area contributed by atoms with E-state index in [1.807, 2.05) is 29.9 Å². The molecule has 2 aromatic heterocycles. The maximum Gasteiger partial charge on any atom is 0.155 e. The largest absolute Gasteiger partial charge is 0.397 e. The van der Waals surface area contributed by atoms with E-state index in [-0.39, 0.29) is 0 Å². The van der Waals surface area contributed by atoms with Gasteiger partial charge in [-0.25, -0.2) is 4.98 Å². The summed E-state index contributed by atoms with van der Waals surface area (Å²) in [6, 6.07) is 7.23. The summed E-state index contributed by atoms with van der Waals surface area (Å²) in [5.74, 6) is 0.743. The topological polar surface area (TPSA) is 76.7 Å². The summed E-state index contributed by atoms with van der Waals surface area (Å²) in [4.78, 5) is 18.4. The molecule has 5 nitrogen and oxygen atoms in total. The Kier molecular flexibility index (Phi) is 2.19. The zero-order chi connectivity index (χ0) is 12.7. The van der Waals surface area contributed by atoms with Crippen LogP contribution in [0.4, 0.5) is 5.69 Å². The minimum Gasteiger partial charge on any atom is -0.397 e. The number of fused-ring (bicyclic) bond motifs is 1. The predicted octanol–water partition coefficient (Wildman–Crippen LogP) is 1.96. The molecule has 0 radical (unpaired) electrons. The molecule has 90 valence electrons. The number of aryl methyl sites for hydroxylation is 1. The Morgan fingerprint density at radius 2 is 2.22 bits per heavy atom. The van der Waals surface area contributed by atoms with E-state index in [1.165, 1.54) is 0 Å². The van der Waals surface area contributed by atoms with Crippen LogP contribution >= 0.6 is 0 Å². The molecule has 1 aromatic carbocycles. The van der Waals surface area contributed by atoms with E-state index in [4.69, 9.17) is 5.73 Å². The lowest BCUT2D eigenvalue weighted by Gasteiger charge is -1.96. The molecule has 0 unspecified atom stereocenters. The number of nitrogen functional groups attached to an aromatic ring is 1. The van der Waals surface area contributed by atoms with Gasteiger partial charge in [-0.2, -0.15) is 0 Å². The molecule has 3 rings (SSSR count). The van der Waals surface area contributed by atoms with Crippen LogP contribution in [0.3, 0.4) is 0 Å². The summed E-state index contributed by atoms with van der Waals surface area (Å²) in [6.45, 7) is 0. The van der Waals surface area contributed by atoms with E-state index in [0.29, 0.717) is 11.3 Å². The number of benzene rings is 1. The smallest absolute Gasteiger partial charge is 0.155 e. The van der Waals surface area contributed by atoms with Crippen molar-refractivity contribution in [3.05, 3.63) is 36.0 Å². The van der Waals surface area contributed by atoms with Crippen LogP contribution in [0.1, 0.15) is 10.4 Å². The Labute approximate surface area is 103 Å². The van der Waals surface area contributed by atoms with Gasteiger partial charge in [-0.15, -0.1) is 0 Å². The maximum absolute atomic E-state index is 10.7. The molecule has 0 saturated carbocycles. The number of hydrogen-bond acceptors (Lipinski definition) is 3. The van der Waals surface area contributed by atoms with Crippen LogP contribution in [0.15, 0.2) is 30.5 Å². The minimum atomic E-state index is 0.618. The van der Waals surface area contributed by atoms with Gasteiger partial charge in [0.05, 0.1) is 22.4 Å². The molecule has 5 heteroatoms. The van der Waals surface area contributed by atoms with E-state index in [1.54, 1.807) is 12.1 Å². The number of nitrogens with zero attached hydrogens (tertiary/aromatic N) is 2.